The van der Waals surface area contributed by atoms with Gasteiger partial charge in [-0.05, 0) is 15.9 Å². The molecule has 21 heavy (non-hydrogen) atoms. The molecule has 0 spiro atoms. The van der Waals surface area contributed by atoms with Gasteiger partial charge in [0, 0.05) is 62.4 Å². The Labute approximate surface area is 130 Å². The summed E-state index contributed by atoms with van der Waals surface area (Å²) in [4.78, 5) is 11.0. The topological polar surface area (TPSA) is 51.2 Å². The number of fused-ring (bicyclic) bond motifs is 1. The van der Waals surface area contributed by atoms with E-state index in [1.165, 1.54) is 5.56 Å². The van der Waals surface area contributed by atoms with E-state index in [4.69, 9.17) is 0 Å². The van der Waals surface area contributed by atoms with Crippen molar-refractivity contribution >= 4 is 21.6 Å². The lowest BCUT2D eigenvalue weighted by atomic mass is 9.99. The zero-order valence-corrected chi connectivity index (χ0v) is 13.0. The molecular weight excluding hydrogens is 332 g/mol. The highest BCUT2D eigenvalue weighted by Gasteiger charge is 2.27. The molecule has 0 unspecified atom stereocenters. The van der Waals surface area contributed by atoms with E-state index >= 15 is 0 Å². The second-order valence-corrected chi connectivity index (χ2v) is 6.45. The molecule has 1 aliphatic heterocycles. The van der Waals surface area contributed by atoms with E-state index in [0.717, 1.165) is 36.3 Å². The highest BCUT2D eigenvalue weighted by atomic mass is 79.9. The van der Waals surface area contributed by atoms with Crippen molar-refractivity contribution in [3.63, 3.8) is 0 Å². The molecule has 0 aliphatic carbocycles. The number of likely N-dealkylation sites (tertiary alicyclic amines) is 1. The van der Waals surface area contributed by atoms with Crippen LogP contribution in [0.25, 0.3) is 5.65 Å². The first-order valence-corrected chi connectivity index (χ1v) is 7.73. The number of rotatable bonds is 4. The van der Waals surface area contributed by atoms with Gasteiger partial charge >= 0.3 is 0 Å². The molecule has 0 radical (unpaired) electrons. The van der Waals surface area contributed by atoms with E-state index in [0.29, 0.717) is 5.92 Å². The summed E-state index contributed by atoms with van der Waals surface area (Å²) in [5, 5.41) is 4.36. The fraction of sp³-hybridized carbons (Fsp3) is 0.357. The lowest BCUT2D eigenvalue weighted by Gasteiger charge is -2.39. The molecule has 108 valence electrons. The molecule has 1 aliphatic rings. The SMILES string of the molecule is Brc1cnc2c(CN3CC(Cn4ccnc4)C3)cnn2c1. The normalized spacial score (nSPS) is 16.4. The standard InChI is InChI=1S/C14H15BrN6/c15-13-4-17-14-12(3-18-21(14)9-13)8-20-6-11(7-20)5-19-2-1-16-10-19/h1-4,9-11H,5-8H2. The third kappa shape index (κ3) is 2.58. The Morgan fingerprint density at radius 1 is 1.29 bits per heavy atom. The van der Waals surface area contributed by atoms with E-state index < -0.39 is 0 Å². The van der Waals surface area contributed by atoms with Crippen molar-refractivity contribution in [1.29, 1.82) is 0 Å². The minimum atomic E-state index is 0.711. The third-order valence-corrected chi connectivity index (χ3v) is 4.26. The molecule has 0 bridgehead atoms. The van der Waals surface area contributed by atoms with E-state index in [1.54, 1.807) is 0 Å². The molecule has 3 aromatic heterocycles. The van der Waals surface area contributed by atoms with Crippen LogP contribution in [0.4, 0.5) is 0 Å². The van der Waals surface area contributed by atoms with Crippen LogP contribution in [0.3, 0.4) is 0 Å². The average Bonchev–Trinajstić information content (AvgIpc) is 3.06. The molecule has 0 N–H and O–H groups in total. The highest BCUT2D eigenvalue weighted by Crippen LogP contribution is 2.22. The van der Waals surface area contributed by atoms with Crippen LogP contribution < -0.4 is 0 Å². The summed E-state index contributed by atoms with van der Waals surface area (Å²) in [6.45, 7) is 4.20. The van der Waals surface area contributed by atoms with Gasteiger partial charge < -0.3 is 4.57 Å². The average molecular weight is 347 g/mol. The number of imidazole rings is 1. The first kappa shape index (κ1) is 13.0. The summed E-state index contributed by atoms with van der Waals surface area (Å²) >= 11 is 3.41. The maximum atomic E-state index is 4.45. The van der Waals surface area contributed by atoms with Gasteiger partial charge in [-0.3, -0.25) is 4.90 Å². The lowest BCUT2D eigenvalue weighted by molar-refractivity contribution is 0.0807. The second kappa shape index (κ2) is 5.23. The van der Waals surface area contributed by atoms with Crippen LogP contribution in [-0.4, -0.2) is 42.1 Å². The van der Waals surface area contributed by atoms with Crippen molar-refractivity contribution < 1.29 is 0 Å². The summed E-state index contributed by atoms with van der Waals surface area (Å²) in [7, 11) is 0. The van der Waals surface area contributed by atoms with Crippen LogP contribution in [0.2, 0.25) is 0 Å². The zero-order valence-electron chi connectivity index (χ0n) is 11.4. The Morgan fingerprint density at radius 3 is 3.00 bits per heavy atom. The number of hydrogen-bond donors (Lipinski definition) is 0. The fourth-order valence-electron chi connectivity index (χ4n) is 2.87. The van der Waals surface area contributed by atoms with Gasteiger partial charge in [0.25, 0.3) is 0 Å². The van der Waals surface area contributed by atoms with Crippen molar-refractivity contribution in [2.75, 3.05) is 13.1 Å². The molecule has 0 saturated carbocycles. The van der Waals surface area contributed by atoms with Crippen molar-refractivity contribution in [3.05, 3.63) is 47.3 Å². The minimum Gasteiger partial charge on any atom is -0.337 e. The van der Waals surface area contributed by atoms with Crippen LogP contribution in [0, 0.1) is 5.92 Å². The number of hydrogen-bond acceptors (Lipinski definition) is 4. The van der Waals surface area contributed by atoms with Gasteiger partial charge in [0.2, 0.25) is 0 Å². The van der Waals surface area contributed by atoms with E-state index in [2.05, 4.69) is 40.5 Å². The molecule has 4 rings (SSSR count). The number of halogens is 1. The van der Waals surface area contributed by atoms with Crippen LogP contribution in [0.15, 0.2) is 41.8 Å². The van der Waals surface area contributed by atoms with Crippen LogP contribution >= 0.6 is 15.9 Å². The summed E-state index contributed by atoms with van der Waals surface area (Å²) in [5.74, 6) is 0.711. The van der Waals surface area contributed by atoms with Gasteiger partial charge in [0.05, 0.1) is 17.0 Å². The first-order chi connectivity index (χ1) is 10.3. The predicted octanol–water partition coefficient (Wildman–Crippen LogP) is 1.82. The van der Waals surface area contributed by atoms with Gasteiger partial charge in [0.15, 0.2) is 5.65 Å². The molecule has 1 fully saturated rings. The number of nitrogens with zero attached hydrogens (tertiary/aromatic N) is 6. The van der Waals surface area contributed by atoms with Gasteiger partial charge in [-0.2, -0.15) is 5.10 Å². The van der Waals surface area contributed by atoms with Crippen LogP contribution in [-0.2, 0) is 13.1 Å². The summed E-state index contributed by atoms with van der Waals surface area (Å²) in [5.41, 5.74) is 2.12. The molecule has 0 amide bonds. The van der Waals surface area contributed by atoms with Crippen molar-refractivity contribution in [2.45, 2.75) is 13.1 Å². The van der Waals surface area contributed by atoms with Crippen molar-refractivity contribution in [1.82, 2.24) is 29.0 Å². The molecule has 0 atom stereocenters. The van der Waals surface area contributed by atoms with Gasteiger partial charge in [-0.15, -0.1) is 0 Å². The maximum absolute atomic E-state index is 4.45. The molecule has 6 nitrogen and oxygen atoms in total. The van der Waals surface area contributed by atoms with Crippen LogP contribution in [0.1, 0.15) is 5.56 Å². The van der Waals surface area contributed by atoms with E-state index in [-0.39, 0.29) is 0 Å². The minimum absolute atomic E-state index is 0.711. The number of aromatic nitrogens is 5. The van der Waals surface area contributed by atoms with Crippen molar-refractivity contribution in [3.8, 4) is 0 Å². The quantitative estimate of drug-likeness (QED) is 0.723. The molecule has 3 aromatic rings. The largest absolute Gasteiger partial charge is 0.337 e. The predicted molar refractivity (Wildman–Crippen MR) is 81.7 cm³/mol. The molecular formula is C14H15BrN6. The first-order valence-electron chi connectivity index (χ1n) is 6.94. The van der Waals surface area contributed by atoms with Gasteiger partial charge in [0.1, 0.15) is 0 Å². The Balaban J connectivity index is 1.39. The Hall–Kier alpha value is -1.73. The fourth-order valence-corrected chi connectivity index (χ4v) is 3.16. The van der Waals surface area contributed by atoms with Gasteiger partial charge in [-0.25, -0.2) is 14.5 Å². The summed E-state index contributed by atoms with van der Waals surface area (Å²) in [6, 6.07) is 0. The maximum Gasteiger partial charge on any atom is 0.159 e. The Bertz CT molecular complexity index is 744. The smallest absolute Gasteiger partial charge is 0.159 e. The Morgan fingerprint density at radius 2 is 2.19 bits per heavy atom. The van der Waals surface area contributed by atoms with Crippen LogP contribution in [0.5, 0.6) is 0 Å². The van der Waals surface area contributed by atoms with Crippen molar-refractivity contribution in [2.24, 2.45) is 5.92 Å². The second-order valence-electron chi connectivity index (χ2n) is 5.53. The molecule has 7 heteroatoms. The molecule has 1 saturated heterocycles. The molecule has 4 heterocycles. The monoisotopic (exact) mass is 346 g/mol. The molecule has 0 aromatic carbocycles. The zero-order chi connectivity index (χ0) is 14.2. The van der Waals surface area contributed by atoms with E-state index in [9.17, 15) is 0 Å². The van der Waals surface area contributed by atoms with Gasteiger partial charge in [-0.1, -0.05) is 0 Å². The summed E-state index contributed by atoms with van der Waals surface area (Å²) in [6.07, 6.45) is 11.4. The Kier molecular flexibility index (Phi) is 3.23. The van der Waals surface area contributed by atoms with E-state index in [1.807, 2.05) is 41.8 Å². The summed E-state index contributed by atoms with van der Waals surface area (Å²) < 4.78 is 4.91. The lowest BCUT2D eigenvalue weighted by Crippen LogP contribution is -2.47. The highest BCUT2D eigenvalue weighted by molar-refractivity contribution is 9.10. The third-order valence-electron chi connectivity index (χ3n) is 3.85.